The van der Waals surface area contributed by atoms with Crippen LogP contribution in [0.1, 0.15) is 62.7 Å². The molecule has 0 aliphatic rings. The molecule has 4 heteroatoms. The first-order valence-electron chi connectivity index (χ1n) is 6.44. The van der Waals surface area contributed by atoms with Gasteiger partial charge in [0.15, 0.2) is 5.78 Å². The molecule has 0 aromatic heterocycles. The van der Waals surface area contributed by atoms with Crippen molar-refractivity contribution in [1.82, 2.24) is 5.32 Å². The summed E-state index contributed by atoms with van der Waals surface area (Å²) < 4.78 is 0. The Kier molecular flexibility index (Phi) is 9.40. The van der Waals surface area contributed by atoms with Gasteiger partial charge in [-0.2, -0.15) is 0 Å². The Morgan fingerprint density at radius 3 is 1.78 bits per heavy atom. The Hall–Kier alpha value is -1.19. The van der Waals surface area contributed by atoms with Crippen molar-refractivity contribution >= 4 is 17.5 Å². The lowest BCUT2D eigenvalue weighted by Crippen LogP contribution is -2.48. The highest BCUT2D eigenvalue weighted by atomic mass is 16.2. The smallest absolute Gasteiger partial charge is 0.221 e. The summed E-state index contributed by atoms with van der Waals surface area (Å²) >= 11 is 0. The zero-order chi connectivity index (χ0) is 14.9. The summed E-state index contributed by atoms with van der Waals surface area (Å²) in [6, 6.07) is -0.494. The summed E-state index contributed by atoms with van der Waals surface area (Å²) in [5.74, 6) is -0.334. The molecule has 0 aliphatic heterocycles. The zero-order valence-corrected chi connectivity index (χ0v) is 12.7. The summed E-state index contributed by atoms with van der Waals surface area (Å²) in [5.41, 5.74) is -0.308. The maximum Gasteiger partial charge on any atom is 0.221 e. The lowest BCUT2D eigenvalue weighted by atomic mass is 9.84. The van der Waals surface area contributed by atoms with E-state index in [4.69, 9.17) is 0 Å². The maximum absolute atomic E-state index is 11.5. The molecule has 4 nitrogen and oxygen atoms in total. The molecule has 1 unspecified atom stereocenters. The average molecular weight is 259 g/mol. The highest BCUT2D eigenvalue weighted by Gasteiger charge is 2.29. The Morgan fingerprint density at radius 1 is 1.06 bits per heavy atom. The predicted octanol–water partition coefficient (Wildman–Crippen LogP) is 2.75. The van der Waals surface area contributed by atoms with Crippen LogP contribution in [0.4, 0.5) is 0 Å². The molecule has 0 saturated carbocycles. The normalized spacial score (nSPS) is 11.9. The van der Waals surface area contributed by atoms with Crippen molar-refractivity contribution < 1.29 is 15.8 Å². The van der Waals surface area contributed by atoms with Crippen molar-refractivity contribution in [2.45, 2.75) is 67.3 Å². The van der Waals surface area contributed by atoms with E-state index in [1.54, 1.807) is 0 Å². The molecule has 0 spiro atoms. The van der Waals surface area contributed by atoms with E-state index in [0.717, 1.165) is 0 Å². The Morgan fingerprint density at radius 2 is 1.50 bits per heavy atom. The van der Waals surface area contributed by atoms with E-state index < -0.39 is 6.04 Å². The monoisotopic (exact) mass is 259 g/mol. The third kappa shape index (κ3) is 8.90. The Bertz CT molecular complexity index is 296. The van der Waals surface area contributed by atoms with Gasteiger partial charge in [-0.15, -0.1) is 0 Å². The third-order valence-electron chi connectivity index (χ3n) is 2.28. The minimum absolute atomic E-state index is 0. The molecule has 1 N–H and O–H groups in total. The van der Waals surface area contributed by atoms with E-state index in [-0.39, 0.29) is 37.2 Å². The van der Waals surface area contributed by atoms with Crippen LogP contribution in [0.3, 0.4) is 0 Å². The van der Waals surface area contributed by atoms with Crippen molar-refractivity contribution in [1.29, 1.82) is 0 Å². The van der Waals surface area contributed by atoms with Crippen molar-refractivity contribution in [2.75, 3.05) is 0 Å². The van der Waals surface area contributed by atoms with Gasteiger partial charge in [-0.1, -0.05) is 34.6 Å². The number of carbonyl (C=O) groups is 3. The molecule has 0 rings (SSSR count). The molecule has 0 aromatic rings. The number of hydrogen-bond donors (Lipinski definition) is 1. The zero-order valence-electron chi connectivity index (χ0n) is 12.7. The van der Waals surface area contributed by atoms with E-state index in [2.05, 4.69) is 5.32 Å². The van der Waals surface area contributed by atoms with Gasteiger partial charge in [0.05, 0.1) is 6.04 Å². The second kappa shape index (κ2) is 8.84. The van der Waals surface area contributed by atoms with Gasteiger partial charge in [0.2, 0.25) is 5.91 Å². The lowest BCUT2D eigenvalue weighted by Gasteiger charge is -2.29. The average Bonchev–Trinajstić information content (AvgIpc) is 2.23. The van der Waals surface area contributed by atoms with Crippen LogP contribution in [0.5, 0.6) is 0 Å². The van der Waals surface area contributed by atoms with Crippen molar-refractivity contribution in [3.8, 4) is 0 Å². The lowest BCUT2D eigenvalue weighted by molar-refractivity contribution is -0.130. The molecule has 0 heterocycles. The Balaban J connectivity index is -0.000000809. The van der Waals surface area contributed by atoms with Crippen LogP contribution in [0, 0.1) is 5.41 Å². The number of ketones is 2. The van der Waals surface area contributed by atoms with Gasteiger partial charge in [-0.3, -0.25) is 9.59 Å². The van der Waals surface area contributed by atoms with Crippen LogP contribution in [-0.2, 0) is 14.4 Å². The van der Waals surface area contributed by atoms with Gasteiger partial charge in [-0.05, 0) is 19.3 Å². The second-order valence-corrected chi connectivity index (χ2v) is 5.18. The molecule has 0 aliphatic carbocycles. The van der Waals surface area contributed by atoms with E-state index in [0.29, 0.717) is 0 Å². The summed E-state index contributed by atoms with van der Waals surface area (Å²) in [6.07, 6.45) is 0.371. The number of amides is 1. The fourth-order valence-corrected chi connectivity index (χ4v) is 1.45. The van der Waals surface area contributed by atoms with E-state index in [9.17, 15) is 14.4 Å². The second-order valence-electron chi connectivity index (χ2n) is 5.18. The molecule has 0 saturated heterocycles. The fraction of sp³-hybridized carbons (Fsp3) is 0.786. The molecule has 1 amide bonds. The predicted molar refractivity (Wildman–Crippen MR) is 75.4 cm³/mol. The number of carbonyl (C=O) groups excluding carboxylic acids is 3. The van der Waals surface area contributed by atoms with Gasteiger partial charge in [-0.25, -0.2) is 0 Å². The fourth-order valence-electron chi connectivity index (χ4n) is 1.45. The minimum Gasteiger partial charge on any atom is -0.346 e. The van der Waals surface area contributed by atoms with Crippen molar-refractivity contribution in [3.05, 3.63) is 0 Å². The summed E-state index contributed by atoms with van der Waals surface area (Å²) in [4.78, 5) is 33.6. The number of nitrogens with one attached hydrogen (secondary N) is 1. The first-order valence-corrected chi connectivity index (χ1v) is 6.44. The van der Waals surface area contributed by atoms with Crippen LogP contribution in [0.25, 0.3) is 0 Å². The van der Waals surface area contributed by atoms with Crippen LogP contribution in [0.2, 0.25) is 0 Å². The third-order valence-corrected chi connectivity index (χ3v) is 2.28. The van der Waals surface area contributed by atoms with E-state index >= 15 is 0 Å². The number of rotatable bonds is 5. The number of Topliss-reactive ketones (excluding diaryl/α,β-unsaturated/α-hetero) is 2. The molecule has 0 radical (unpaired) electrons. The molecule has 0 aromatic carbocycles. The first kappa shape index (κ1) is 19.2. The summed E-state index contributed by atoms with van der Waals surface area (Å²) in [6.45, 7) is 12.6. The van der Waals surface area contributed by atoms with Crippen molar-refractivity contribution in [2.24, 2.45) is 5.41 Å². The highest BCUT2D eigenvalue weighted by Crippen LogP contribution is 2.20. The van der Waals surface area contributed by atoms with Crippen LogP contribution >= 0.6 is 0 Å². The quantitative estimate of drug-likeness (QED) is 0.825. The SMILES string of the molecule is CC.CC(=O)CCC(=O)NC(C(C)=O)C(C)(C)C.[HH]. The Labute approximate surface area is 112 Å². The standard InChI is InChI=1S/C12H21NO3.C2H6.H2/c1-8(14)6-7-10(16)13-11(9(2)15)12(3,4)5;1-2;/h11H,6-7H2,1-5H3,(H,13,16);1-2H3;1H. The number of hydrogen-bond acceptors (Lipinski definition) is 3. The topological polar surface area (TPSA) is 63.2 Å². The van der Waals surface area contributed by atoms with Crippen molar-refractivity contribution in [3.63, 3.8) is 0 Å². The minimum atomic E-state index is -0.494. The molecule has 108 valence electrons. The van der Waals surface area contributed by atoms with E-state index in [1.807, 2.05) is 34.6 Å². The van der Waals surface area contributed by atoms with Gasteiger partial charge in [0.25, 0.3) is 0 Å². The molecule has 1 atom stereocenters. The van der Waals surface area contributed by atoms with Crippen LogP contribution in [0.15, 0.2) is 0 Å². The van der Waals surface area contributed by atoms with Gasteiger partial charge in [0, 0.05) is 14.3 Å². The summed E-state index contributed by atoms with van der Waals surface area (Å²) in [7, 11) is 0. The maximum atomic E-state index is 11.5. The largest absolute Gasteiger partial charge is 0.346 e. The molecular weight excluding hydrogens is 230 g/mol. The van der Waals surface area contributed by atoms with Gasteiger partial charge < -0.3 is 10.1 Å². The first-order chi connectivity index (χ1) is 8.14. The molecule has 0 fully saturated rings. The van der Waals surface area contributed by atoms with E-state index in [1.165, 1.54) is 13.8 Å². The highest BCUT2D eigenvalue weighted by molar-refractivity contribution is 5.89. The molecule has 18 heavy (non-hydrogen) atoms. The van der Waals surface area contributed by atoms with Gasteiger partial charge >= 0.3 is 0 Å². The van der Waals surface area contributed by atoms with Crippen LogP contribution in [-0.4, -0.2) is 23.5 Å². The summed E-state index contributed by atoms with van der Waals surface area (Å²) in [5, 5.41) is 2.67. The molecular formula is C14H29NO3. The van der Waals surface area contributed by atoms with Gasteiger partial charge in [0.1, 0.15) is 5.78 Å². The van der Waals surface area contributed by atoms with Crippen LogP contribution < -0.4 is 5.32 Å². The molecule has 0 bridgehead atoms.